The van der Waals surface area contributed by atoms with E-state index in [-0.39, 0.29) is 17.9 Å². The van der Waals surface area contributed by atoms with E-state index in [1.54, 1.807) is 24.3 Å². The molecule has 0 radical (unpaired) electrons. The van der Waals surface area contributed by atoms with Crippen LogP contribution in [0.1, 0.15) is 27.0 Å². The van der Waals surface area contributed by atoms with Crippen molar-refractivity contribution in [1.29, 1.82) is 5.26 Å². The van der Waals surface area contributed by atoms with Crippen molar-refractivity contribution in [2.24, 2.45) is 0 Å². The maximum absolute atomic E-state index is 12.0. The molecule has 0 aliphatic carbocycles. The zero-order valence-corrected chi connectivity index (χ0v) is 12.1. The van der Waals surface area contributed by atoms with Crippen LogP contribution < -0.4 is 5.73 Å². The standard InChI is InChI=1S/C16H13ClN2O2/c1-10-6-11(8-18)2-3-12(10)9-21-16(20)14-5-4-13(17)7-15(14)19/h2-7H,9,19H2,1H3. The normalized spacial score (nSPS) is 9.95. The van der Waals surface area contributed by atoms with Crippen LogP contribution in [0.2, 0.25) is 5.02 Å². The fourth-order valence-electron chi connectivity index (χ4n) is 1.87. The van der Waals surface area contributed by atoms with E-state index in [0.717, 1.165) is 11.1 Å². The monoisotopic (exact) mass is 300 g/mol. The quantitative estimate of drug-likeness (QED) is 0.695. The van der Waals surface area contributed by atoms with Gasteiger partial charge in [0.2, 0.25) is 0 Å². The van der Waals surface area contributed by atoms with Gasteiger partial charge in [0, 0.05) is 10.7 Å². The van der Waals surface area contributed by atoms with Gasteiger partial charge in [-0.15, -0.1) is 0 Å². The van der Waals surface area contributed by atoms with Crippen LogP contribution in [-0.2, 0) is 11.3 Å². The van der Waals surface area contributed by atoms with Gasteiger partial charge in [0.05, 0.1) is 17.2 Å². The van der Waals surface area contributed by atoms with Crippen molar-refractivity contribution in [3.05, 3.63) is 63.7 Å². The molecule has 2 N–H and O–H groups in total. The van der Waals surface area contributed by atoms with Crippen molar-refractivity contribution in [1.82, 2.24) is 0 Å². The highest BCUT2D eigenvalue weighted by molar-refractivity contribution is 6.31. The first kappa shape index (κ1) is 14.9. The van der Waals surface area contributed by atoms with E-state index in [2.05, 4.69) is 6.07 Å². The molecule has 2 aromatic carbocycles. The van der Waals surface area contributed by atoms with Crippen LogP contribution in [0.5, 0.6) is 0 Å². The number of anilines is 1. The topological polar surface area (TPSA) is 76.1 Å². The summed E-state index contributed by atoms with van der Waals surface area (Å²) in [6, 6.07) is 11.9. The fraction of sp³-hybridized carbons (Fsp3) is 0.125. The summed E-state index contributed by atoms with van der Waals surface area (Å²) < 4.78 is 5.24. The van der Waals surface area contributed by atoms with Gasteiger partial charge in [0.15, 0.2) is 0 Å². The van der Waals surface area contributed by atoms with Gasteiger partial charge in [-0.3, -0.25) is 0 Å². The summed E-state index contributed by atoms with van der Waals surface area (Å²) in [6.45, 7) is 1.99. The van der Waals surface area contributed by atoms with Gasteiger partial charge >= 0.3 is 5.97 Å². The van der Waals surface area contributed by atoms with E-state index in [0.29, 0.717) is 10.6 Å². The molecular weight excluding hydrogens is 288 g/mol. The minimum absolute atomic E-state index is 0.123. The summed E-state index contributed by atoms with van der Waals surface area (Å²) >= 11 is 5.79. The van der Waals surface area contributed by atoms with Crippen molar-refractivity contribution in [3.63, 3.8) is 0 Å². The third-order valence-electron chi connectivity index (χ3n) is 3.06. The summed E-state index contributed by atoms with van der Waals surface area (Å²) in [6.07, 6.45) is 0. The van der Waals surface area contributed by atoms with Crippen LogP contribution in [0, 0.1) is 18.3 Å². The van der Waals surface area contributed by atoms with Crippen molar-refractivity contribution in [2.45, 2.75) is 13.5 Å². The highest BCUT2D eigenvalue weighted by Gasteiger charge is 2.12. The fourth-order valence-corrected chi connectivity index (χ4v) is 2.05. The lowest BCUT2D eigenvalue weighted by molar-refractivity contribution is 0.0473. The molecule has 0 amide bonds. The van der Waals surface area contributed by atoms with Crippen molar-refractivity contribution >= 4 is 23.3 Å². The molecule has 0 spiro atoms. The predicted molar refractivity (Wildman–Crippen MR) is 80.9 cm³/mol. The van der Waals surface area contributed by atoms with Gasteiger partial charge in [-0.2, -0.15) is 5.26 Å². The van der Waals surface area contributed by atoms with Gasteiger partial charge in [0.1, 0.15) is 6.61 Å². The number of esters is 1. The van der Waals surface area contributed by atoms with E-state index in [4.69, 9.17) is 27.3 Å². The Kier molecular flexibility index (Phi) is 4.46. The van der Waals surface area contributed by atoms with E-state index in [1.807, 2.05) is 6.92 Å². The Morgan fingerprint density at radius 1 is 1.33 bits per heavy atom. The maximum atomic E-state index is 12.0. The van der Waals surface area contributed by atoms with E-state index in [1.165, 1.54) is 12.1 Å². The highest BCUT2D eigenvalue weighted by atomic mass is 35.5. The number of rotatable bonds is 3. The van der Waals surface area contributed by atoms with E-state index >= 15 is 0 Å². The maximum Gasteiger partial charge on any atom is 0.340 e. The van der Waals surface area contributed by atoms with Crippen LogP contribution in [0.25, 0.3) is 0 Å². The van der Waals surface area contributed by atoms with Gasteiger partial charge in [0.25, 0.3) is 0 Å². The highest BCUT2D eigenvalue weighted by Crippen LogP contribution is 2.20. The molecule has 5 heteroatoms. The molecule has 0 bridgehead atoms. The van der Waals surface area contributed by atoms with E-state index < -0.39 is 5.97 Å². The van der Waals surface area contributed by atoms with Gasteiger partial charge in [-0.05, 0) is 48.4 Å². The van der Waals surface area contributed by atoms with Gasteiger partial charge in [-0.25, -0.2) is 4.79 Å². The lowest BCUT2D eigenvalue weighted by Crippen LogP contribution is -2.08. The van der Waals surface area contributed by atoms with Crippen LogP contribution >= 0.6 is 11.6 Å². The average Bonchev–Trinajstić information content (AvgIpc) is 2.45. The van der Waals surface area contributed by atoms with E-state index in [9.17, 15) is 4.79 Å². The Bertz CT molecular complexity index is 736. The molecule has 21 heavy (non-hydrogen) atoms. The zero-order valence-electron chi connectivity index (χ0n) is 11.4. The molecule has 0 aromatic heterocycles. The molecule has 0 saturated heterocycles. The molecule has 106 valence electrons. The predicted octanol–water partition coefficient (Wildman–Crippen LogP) is 3.46. The Morgan fingerprint density at radius 3 is 2.71 bits per heavy atom. The first-order valence-corrected chi connectivity index (χ1v) is 6.61. The third kappa shape index (κ3) is 3.53. The number of hydrogen-bond acceptors (Lipinski definition) is 4. The Morgan fingerprint density at radius 2 is 2.10 bits per heavy atom. The number of carbonyl (C=O) groups excluding carboxylic acids is 1. The summed E-state index contributed by atoms with van der Waals surface area (Å²) in [5.41, 5.74) is 8.61. The number of aryl methyl sites for hydroxylation is 1. The molecule has 0 heterocycles. The minimum Gasteiger partial charge on any atom is -0.457 e. The second-order valence-electron chi connectivity index (χ2n) is 4.56. The van der Waals surface area contributed by atoms with Crippen LogP contribution in [0.15, 0.2) is 36.4 Å². The summed E-state index contributed by atoms with van der Waals surface area (Å²) in [5.74, 6) is -0.507. The second kappa shape index (κ2) is 6.29. The van der Waals surface area contributed by atoms with Gasteiger partial charge < -0.3 is 10.5 Å². The smallest absolute Gasteiger partial charge is 0.340 e. The van der Waals surface area contributed by atoms with Crippen molar-refractivity contribution in [2.75, 3.05) is 5.73 Å². The van der Waals surface area contributed by atoms with Crippen molar-refractivity contribution in [3.8, 4) is 6.07 Å². The molecule has 0 unspecified atom stereocenters. The molecule has 0 fully saturated rings. The third-order valence-corrected chi connectivity index (χ3v) is 3.30. The Labute approximate surface area is 127 Å². The number of carbonyl (C=O) groups is 1. The number of benzene rings is 2. The number of nitriles is 1. The SMILES string of the molecule is Cc1cc(C#N)ccc1COC(=O)c1ccc(Cl)cc1N. The molecule has 0 atom stereocenters. The lowest BCUT2D eigenvalue weighted by atomic mass is 10.1. The van der Waals surface area contributed by atoms with Crippen molar-refractivity contribution < 1.29 is 9.53 Å². The van der Waals surface area contributed by atoms with Crippen LogP contribution in [0.4, 0.5) is 5.69 Å². The molecule has 0 aliphatic rings. The van der Waals surface area contributed by atoms with Crippen LogP contribution in [0.3, 0.4) is 0 Å². The molecule has 0 saturated carbocycles. The number of halogens is 1. The summed E-state index contributed by atoms with van der Waals surface area (Å²) in [4.78, 5) is 12.0. The molecular formula is C16H13ClN2O2. The number of ether oxygens (including phenoxy) is 1. The largest absolute Gasteiger partial charge is 0.457 e. The first-order chi connectivity index (χ1) is 10.0. The number of nitrogens with zero attached hydrogens (tertiary/aromatic N) is 1. The summed E-state index contributed by atoms with van der Waals surface area (Å²) in [5, 5.41) is 9.28. The molecule has 4 nitrogen and oxygen atoms in total. The zero-order chi connectivity index (χ0) is 15.4. The number of hydrogen-bond donors (Lipinski definition) is 1. The first-order valence-electron chi connectivity index (χ1n) is 6.23. The Hall–Kier alpha value is -2.51. The number of nitrogen functional groups attached to an aromatic ring is 1. The number of nitrogens with two attached hydrogens (primary N) is 1. The molecule has 2 aromatic rings. The minimum atomic E-state index is -0.507. The lowest BCUT2D eigenvalue weighted by Gasteiger charge is -2.09. The van der Waals surface area contributed by atoms with Gasteiger partial charge in [-0.1, -0.05) is 17.7 Å². The van der Waals surface area contributed by atoms with Crippen LogP contribution in [-0.4, -0.2) is 5.97 Å². The molecule has 0 aliphatic heterocycles. The Balaban J connectivity index is 2.09. The molecule has 2 rings (SSSR count). The summed E-state index contributed by atoms with van der Waals surface area (Å²) in [7, 11) is 0. The average molecular weight is 301 g/mol. The second-order valence-corrected chi connectivity index (χ2v) is 5.00.